The Bertz CT molecular complexity index is 360. The largest absolute Gasteiger partial charge is 0.481 e. The van der Waals surface area contributed by atoms with Gasteiger partial charge in [-0.1, -0.05) is 6.92 Å². The molecule has 1 aromatic heterocycles. The summed E-state index contributed by atoms with van der Waals surface area (Å²) < 4.78 is 1.80. The molecule has 1 heterocycles. The summed E-state index contributed by atoms with van der Waals surface area (Å²) >= 11 is 0. The van der Waals surface area contributed by atoms with Crippen molar-refractivity contribution in [1.82, 2.24) is 14.7 Å². The topological polar surface area (TPSA) is 58.4 Å². The minimum absolute atomic E-state index is 0.179. The van der Waals surface area contributed by atoms with Crippen molar-refractivity contribution in [3.05, 3.63) is 17.5 Å². The molecule has 0 bridgehead atoms. The van der Waals surface area contributed by atoms with Crippen LogP contribution >= 0.6 is 0 Å². The number of carbonyl (C=O) groups is 1. The fraction of sp³-hybridized carbons (Fsp3) is 0.636. The minimum Gasteiger partial charge on any atom is -0.481 e. The predicted molar refractivity (Wildman–Crippen MR) is 61.2 cm³/mol. The van der Waals surface area contributed by atoms with E-state index in [1.807, 2.05) is 25.2 Å². The number of rotatable bonds is 6. The molecular weight excluding hydrogens is 206 g/mol. The first-order valence-electron chi connectivity index (χ1n) is 5.44. The van der Waals surface area contributed by atoms with Crippen molar-refractivity contribution in [3.63, 3.8) is 0 Å². The van der Waals surface area contributed by atoms with Crippen molar-refractivity contribution in [2.24, 2.45) is 7.05 Å². The summed E-state index contributed by atoms with van der Waals surface area (Å²) in [6.45, 7) is 3.39. The smallest absolute Gasteiger partial charge is 0.304 e. The minimum atomic E-state index is -0.756. The lowest BCUT2D eigenvalue weighted by Crippen LogP contribution is -2.21. The molecular formula is C11H19N3O2. The van der Waals surface area contributed by atoms with Gasteiger partial charge in [-0.25, -0.2) is 0 Å². The first kappa shape index (κ1) is 12.7. The number of hydrogen-bond acceptors (Lipinski definition) is 3. The molecule has 0 atom stereocenters. The number of carboxylic acids is 1. The molecule has 90 valence electrons. The van der Waals surface area contributed by atoms with Gasteiger partial charge in [0.15, 0.2) is 0 Å². The molecule has 0 saturated carbocycles. The molecule has 5 nitrogen and oxygen atoms in total. The monoisotopic (exact) mass is 225 g/mol. The Hall–Kier alpha value is -1.36. The van der Waals surface area contributed by atoms with E-state index in [4.69, 9.17) is 5.11 Å². The molecule has 0 saturated heterocycles. The summed E-state index contributed by atoms with van der Waals surface area (Å²) in [5, 5.41) is 12.9. The third-order valence-corrected chi connectivity index (χ3v) is 2.47. The number of carboxylic acid groups (broad SMARTS) is 1. The second kappa shape index (κ2) is 5.65. The van der Waals surface area contributed by atoms with Crippen molar-refractivity contribution in [2.45, 2.75) is 26.3 Å². The Labute approximate surface area is 95.7 Å². The second-order valence-electron chi connectivity index (χ2n) is 4.01. The van der Waals surface area contributed by atoms with Crippen molar-refractivity contribution in [1.29, 1.82) is 0 Å². The van der Waals surface area contributed by atoms with Crippen LogP contribution in [0.4, 0.5) is 0 Å². The van der Waals surface area contributed by atoms with Gasteiger partial charge < -0.3 is 10.0 Å². The molecule has 16 heavy (non-hydrogen) atoms. The molecule has 0 aromatic carbocycles. The van der Waals surface area contributed by atoms with E-state index in [9.17, 15) is 4.79 Å². The van der Waals surface area contributed by atoms with Crippen molar-refractivity contribution >= 4 is 5.97 Å². The zero-order chi connectivity index (χ0) is 12.1. The van der Waals surface area contributed by atoms with Crippen LogP contribution in [-0.4, -0.2) is 39.3 Å². The summed E-state index contributed by atoms with van der Waals surface area (Å²) in [4.78, 5) is 12.4. The molecule has 0 amide bonds. The fourth-order valence-electron chi connectivity index (χ4n) is 1.67. The van der Waals surface area contributed by atoms with E-state index in [2.05, 4.69) is 12.0 Å². The Morgan fingerprint density at radius 2 is 2.31 bits per heavy atom. The van der Waals surface area contributed by atoms with Gasteiger partial charge in [0.2, 0.25) is 0 Å². The Balaban J connectivity index is 2.54. The van der Waals surface area contributed by atoms with Crippen LogP contribution in [0.15, 0.2) is 6.20 Å². The average Bonchev–Trinajstić information content (AvgIpc) is 2.55. The maximum atomic E-state index is 10.4. The molecule has 1 aromatic rings. The lowest BCUT2D eigenvalue weighted by molar-refractivity contribution is -0.137. The average molecular weight is 225 g/mol. The number of aliphatic carboxylic acids is 1. The standard InChI is InChI=1S/C11H19N3O2/c1-4-10-9(8-14(3)12-10)7-13(2)6-5-11(15)16/h8H,4-7H2,1-3H3,(H,15,16). The van der Waals surface area contributed by atoms with Crippen LogP contribution in [-0.2, 0) is 24.8 Å². The Morgan fingerprint density at radius 3 is 2.88 bits per heavy atom. The van der Waals surface area contributed by atoms with Crippen LogP contribution in [0.1, 0.15) is 24.6 Å². The van der Waals surface area contributed by atoms with E-state index in [1.54, 1.807) is 4.68 Å². The molecule has 0 spiro atoms. The molecule has 0 aliphatic heterocycles. The van der Waals surface area contributed by atoms with Crippen molar-refractivity contribution in [3.8, 4) is 0 Å². The quantitative estimate of drug-likeness (QED) is 0.781. The molecule has 1 rings (SSSR count). The maximum Gasteiger partial charge on any atom is 0.304 e. The van der Waals surface area contributed by atoms with Crippen molar-refractivity contribution < 1.29 is 9.90 Å². The van der Waals surface area contributed by atoms with E-state index in [1.165, 1.54) is 5.56 Å². The predicted octanol–water partition coefficient (Wildman–Crippen LogP) is 0.889. The van der Waals surface area contributed by atoms with Crippen LogP contribution in [0.3, 0.4) is 0 Å². The van der Waals surface area contributed by atoms with E-state index in [-0.39, 0.29) is 6.42 Å². The summed E-state index contributed by atoms with van der Waals surface area (Å²) in [5.74, 6) is -0.756. The molecule has 0 radical (unpaired) electrons. The Morgan fingerprint density at radius 1 is 1.62 bits per heavy atom. The van der Waals surface area contributed by atoms with Crippen LogP contribution in [0.25, 0.3) is 0 Å². The fourth-order valence-corrected chi connectivity index (χ4v) is 1.67. The normalized spacial score (nSPS) is 11.0. The van der Waals surface area contributed by atoms with E-state index >= 15 is 0 Å². The summed E-state index contributed by atoms with van der Waals surface area (Å²) in [5.41, 5.74) is 2.27. The first-order valence-corrected chi connectivity index (χ1v) is 5.44. The van der Waals surface area contributed by atoms with E-state index in [0.717, 1.165) is 18.7 Å². The summed E-state index contributed by atoms with van der Waals surface area (Å²) in [7, 11) is 3.83. The highest BCUT2D eigenvalue weighted by atomic mass is 16.4. The number of hydrogen-bond donors (Lipinski definition) is 1. The second-order valence-corrected chi connectivity index (χ2v) is 4.01. The maximum absolute atomic E-state index is 10.4. The number of aryl methyl sites for hydroxylation is 2. The van der Waals surface area contributed by atoms with Gasteiger partial charge in [0.1, 0.15) is 0 Å². The van der Waals surface area contributed by atoms with Gasteiger partial charge in [-0.3, -0.25) is 9.48 Å². The SMILES string of the molecule is CCc1nn(C)cc1CN(C)CCC(=O)O. The summed E-state index contributed by atoms with van der Waals surface area (Å²) in [6.07, 6.45) is 3.08. The van der Waals surface area contributed by atoms with Crippen molar-refractivity contribution in [2.75, 3.05) is 13.6 Å². The van der Waals surface area contributed by atoms with Crippen LogP contribution in [0.5, 0.6) is 0 Å². The third kappa shape index (κ3) is 3.66. The lowest BCUT2D eigenvalue weighted by Gasteiger charge is -2.14. The summed E-state index contributed by atoms with van der Waals surface area (Å²) in [6, 6.07) is 0. The molecule has 0 unspecified atom stereocenters. The van der Waals surface area contributed by atoms with Gasteiger partial charge >= 0.3 is 5.97 Å². The first-order chi connectivity index (χ1) is 7.52. The highest BCUT2D eigenvalue weighted by Gasteiger charge is 2.09. The van der Waals surface area contributed by atoms with Gasteiger partial charge in [-0.15, -0.1) is 0 Å². The molecule has 0 aliphatic rings. The van der Waals surface area contributed by atoms with Gasteiger partial charge in [0.05, 0.1) is 12.1 Å². The van der Waals surface area contributed by atoms with Gasteiger partial charge in [0, 0.05) is 31.9 Å². The van der Waals surface area contributed by atoms with Crippen LogP contribution < -0.4 is 0 Å². The van der Waals surface area contributed by atoms with Crippen LogP contribution in [0.2, 0.25) is 0 Å². The van der Waals surface area contributed by atoms with E-state index in [0.29, 0.717) is 6.54 Å². The highest BCUT2D eigenvalue weighted by molar-refractivity contribution is 5.66. The number of nitrogens with zero attached hydrogens (tertiary/aromatic N) is 3. The third-order valence-electron chi connectivity index (χ3n) is 2.47. The molecule has 0 fully saturated rings. The van der Waals surface area contributed by atoms with Gasteiger partial charge in [-0.05, 0) is 13.5 Å². The zero-order valence-corrected chi connectivity index (χ0v) is 10.1. The Kier molecular flexibility index (Phi) is 4.49. The van der Waals surface area contributed by atoms with E-state index < -0.39 is 5.97 Å². The number of aromatic nitrogens is 2. The van der Waals surface area contributed by atoms with Gasteiger partial charge in [0.25, 0.3) is 0 Å². The molecule has 5 heteroatoms. The van der Waals surface area contributed by atoms with Gasteiger partial charge in [-0.2, -0.15) is 5.10 Å². The zero-order valence-electron chi connectivity index (χ0n) is 10.1. The molecule has 1 N–H and O–H groups in total. The van der Waals surface area contributed by atoms with Crippen LogP contribution in [0, 0.1) is 0 Å². The lowest BCUT2D eigenvalue weighted by atomic mass is 10.2. The molecule has 0 aliphatic carbocycles. The highest BCUT2D eigenvalue weighted by Crippen LogP contribution is 2.09.